The Balaban J connectivity index is 1.65. The van der Waals surface area contributed by atoms with Gasteiger partial charge in [0.05, 0.1) is 5.69 Å². The van der Waals surface area contributed by atoms with Gasteiger partial charge < -0.3 is 14.7 Å². The number of nitrogens with one attached hydrogen (secondary N) is 2. The molecule has 6 heteroatoms. The molecule has 0 radical (unpaired) electrons. The summed E-state index contributed by atoms with van der Waals surface area (Å²) in [6, 6.07) is 10.2. The SMILES string of the molecule is FC(F)Cc1c(-c2ccn3ccnc3c2)[nH]c2ccc(C3CCNCC3)cc12. The number of pyridine rings is 1. The molecule has 0 saturated carbocycles. The zero-order chi connectivity index (χ0) is 19.1. The van der Waals surface area contributed by atoms with E-state index in [-0.39, 0.29) is 6.42 Å². The molecule has 1 aliphatic rings. The van der Waals surface area contributed by atoms with Crippen molar-refractivity contribution >= 4 is 16.6 Å². The Morgan fingerprint density at radius 2 is 1.96 bits per heavy atom. The van der Waals surface area contributed by atoms with Crippen molar-refractivity contribution in [3.8, 4) is 11.3 Å². The summed E-state index contributed by atoms with van der Waals surface area (Å²) in [6.45, 7) is 2.02. The number of piperidine rings is 1. The first kappa shape index (κ1) is 17.4. The highest BCUT2D eigenvalue weighted by Crippen LogP contribution is 2.35. The topological polar surface area (TPSA) is 45.1 Å². The number of aromatic nitrogens is 3. The smallest absolute Gasteiger partial charge is 0.242 e. The lowest BCUT2D eigenvalue weighted by molar-refractivity contribution is 0.149. The minimum Gasteiger partial charge on any atom is -0.354 e. The largest absolute Gasteiger partial charge is 0.354 e. The molecule has 0 aliphatic carbocycles. The number of aromatic amines is 1. The molecular formula is C22H22F2N4. The minimum atomic E-state index is -2.39. The second-order valence-corrected chi connectivity index (χ2v) is 7.51. The molecule has 1 aliphatic heterocycles. The molecule has 28 heavy (non-hydrogen) atoms. The molecule has 0 atom stereocenters. The molecule has 1 saturated heterocycles. The van der Waals surface area contributed by atoms with Crippen molar-refractivity contribution in [2.24, 2.45) is 0 Å². The lowest BCUT2D eigenvalue weighted by Gasteiger charge is -2.23. The number of hydrogen-bond acceptors (Lipinski definition) is 2. The molecule has 4 aromatic rings. The van der Waals surface area contributed by atoms with E-state index in [0.29, 0.717) is 11.5 Å². The second-order valence-electron chi connectivity index (χ2n) is 7.51. The van der Waals surface area contributed by atoms with Gasteiger partial charge in [0, 0.05) is 41.5 Å². The highest BCUT2D eigenvalue weighted by Gasteiger charge is 2.20. The number of imidazole rings is 1. The third-order valence-corrected chi connectivity index (χ3v) is 5.79. The maximum Gasteiger partial charge on any atom is 0.242 e. The van der Waals surface area contributed by atoms with Gasteiger partial charge in [-0.1, -0.05) is 6.07 Å². The number of hydrogen-bond donors (Lipinski definition) is 2. The van der Waals surface area contributed by atoms with Crippen LogP contribution in [-0.2, 0) is 6.42 Å². The highest BCUT2D eigenvalue weighted by molar-refractivity contribution is 5.91. The monoisotopic (exact) mass is 380 g/mol. The molecule has 2 N–H and O–H groups in total. The van der Waals surface area contributed by atoms with Crippen molar-refractivity contribution in [1.82, 2.24) is 19.7 Å². The third kappa shape index (κ3) is 3.07. The van der Waals surface area contributed by atoms with Crippen LogP contribution >= 0.6 is 0 Å². The van der Waals surface area contributed by atoms with Crippen molar-refractivity contribution < 1.29 is 8.78 Å². The minimum absolute atomic E-state index is 0.259. The lowest BCUT2D eigenvalue weighted by atomic mass is 9.89. The van der Waals surface area contributed by atoms with Crippen molar-refractivity contribution in [2.75, 3.05) is 13.1 Å². The molecule has 5 rings (SSSR count). The van der Waals surface area contributed by atoms with Gasteiger partial charge in [0.1, 0.15) is 5.65 Å². The number of fused-ring (bicyclic) bond motifs is 2. The first-order valence-electron chi connectivity index (χ1n) is 9.75. The van der Waals surface area contributed by atoms with Crippen molar-refractivity contribution in [1.29, 1.82) is 0 Å². The molecule has 0 bridgehead atoms. The van der Waals surface area contributed by atoms with Crippen LogP contribution in [0.4, 0.5) is 8.78 Å². The summed E-state index contributed by atoms with van der Waals surface area (Å²) in [7, 11) is 0. The highest BCUT2D eigenvalue weighted by atomic mass is 19.3. The Morgan fingerprint density at radius 3 is 2.79 bits per heavy atom. The summed E-state index contributed by atoms with van der Waals surface area (Å²) in [5.74, 6) is 0.490. The van der Waals surface area contributed by atoms with E-state index in [9.17, 15) is 8.78 Å². The number of nitrogens with zero attached hydrogens (tertiary/aromatic N) is 2. The fourth-order valence-electron chi connectivity index (χ4n) is 4.35. The normalized spacial score (nSPS) is 15.8. The van der Waals surface area contributed by atoms with Crippen molar-refractivity contribution in [2.45, 2.75) is 31.6 Å². The third-order valence-electron chi connectivity index (χ3n) is 5.79. The average Bonchev–Trinajstić information content (AvgIpc) is 3.32. The van der Waals surface area contributed by atoms with E-state index in [4.69, 9.17) is 0 Å². The maximum atomic E-state index is 13.4. The van der Waals surface area contributed by atoms with Crippen LogP contribution in [0, 0.1) is 0 Å². The molecule has 4 heterocycles. The first-order valence-corrected chi connectivity index (χ1v) is 9.75. The zero-order valence-corrected chi connectivity index (χ0v) is 15.5. The average molecular weight is 380 g/mol. The summed E-state index contributed by atoms with van der Waals surface area (Å²) < 4.78 is 28.8. The van der Waals surface area contributed by atoms with Crippen molar-refractivity contribution in [3.05, 3.63) is 60.0 Å². The molecule has 0 amide bonds. The van der Waals surface area contributed by atoms with E-state index < -0.39 is 6.43 Å². The molecule has 144 valence electrons. The first-order chi connectivity index (χ1) is 13.7. The summed E-state index contributed by atoms with van der Waals surface area (Å²) in [5.41, 5.74) is 5.30. The number of rotatable bonds is 4. The Kier molecular flexibility index (Phi) is 4.36. The lowest BCUT2D eigenvalue weighted by Crippen LogP contribution is -2.26. The van der Waals surface area contributed by atoms with Gasteiger partial charge in [0.15, 0.2) is 0 Å². The molecule has 0 spiro atoms. The van der Waals surface area contributed by atoms with Gasteiger partial charge in [-0.15, -0.1) is 0 Å². The zero-order valence-electron chi connectivity index (χ0n) is 15.5. The van der Waals surface area contributed by atoms with Gasteiger partial charge in [-0.25, -0.2) is 13.8 Å². The van der Waals surface area contributed by atoms with Crippen LogP contribution in [0.25, 0.3) is 27.8 Å². The number of benzene rings is 1. The predicted molar refractivity (Wildman–Crippen MR) is 107 cm³/mol. The van der Waals surface area contributed by atoms with Crippen LogP contribution < -0.4 is 5.32 Å². The van der Waals surface area contributed by atoms with Gasteiger partial charge in [0.2, 0.25) is 6.43 Å². The number of alkyl halides is 2. The molecule has 0 unspecified atom stereocenters. The van der Waals surface area contributed by atoms with Crippen LogP contribution in [0.5, 0.6) is 0 Å². The van der Waals surface area contributed by atoms with Gasteiger partial charge in [-0.2, -0.15) is 0 Å². The van der Waals surface area contributed by atoms with Crippen LogP contribution in [0.3, 0.4) is 0 Å². The van der Waals surface area contributed by atoms with Crippen LogP contribution in [-0.4, -0.2) is 33.9 Å². The van der Waals surface area contributed by atoms with E-state index in [2.05, 4.69) is 27.4 Å². The van der Waals surface area contributed by atoms with Crippen LogP contribution in [0.15, 0.2) is 48.9 Å². The van der Waals surface area contributed by atoms with Crippen molar-refractivity contribution in [3.63, 3.8) is 0 Å². The van der Waals surface area contributed by atoms with Crippen LogP contribution in [0.1, 0.15) is 29.9 Å². The fourth-order valence-corrected chi connectivity index (χ4v) is 4.35. The van der Waals surface area contributed by atoms with E-state index >= 15 is 0 Å². The summed E-state index contributed by atoms with van der Waals surface area (Å²) in [6.07, 6.45) is 5.04. The molecule has 1 aromatic carbocycles. The van der Waals surface area contributed by atoms with E-state index in [1.54, 1.807) is 6.20 Å². The standard InChI is InChI=1S/C22H22F2N4/c23-20(24)13-18-17-11-15(14-3-6-25-7-4-14)1-2-19(17)27-22(18)16-5-9-28-10-8-26-21(28)12-16/h1-2,5,8-12,14,20,25,27H,3-4,6-7,13H2. The molecular weight excluding hydrogens is 358 g/mol. The van der Waals surface area contributed by atoms with Gasteiger partial charge >= 0.3 is 0 Å². The summed E-state index contributed by atoms with van der Waals surface area (Å²) in [4.78, 5) is 7.71. The van der Waals surface area contributed by atoms with E-state index in [0.717, 1.165) is 53.7 Å². The maximum absolute atomic E-state index is 13.4. The Morgan fingerprint density at radius 1 is 1.11 bits per heavy atom. The van der Waals surface area contributed by atoms with Gasteiger partial charge in [-0.05, 0) is 67.2 Å². The Bertz CT molecular complexity index is 1120. The fraction of sp³-hybridized carbons (Fsp3) is 0.318. The van der Waals surface area contributed by atoms with Crippen LogP contribution in [0.2, 0.25) is 0 Å². The number of halogens is 2. The van der Waals surface area contributed by atoms with Gasteiger partial charge in [0.25, 0.3) is 0 Å². The molecule has 3 aromatic heterocycles. The van der Waals surface area contributed by atoms with Gasteiger partial charge in [-0.3, -0.25) is 0 Å². The molecule has 1 fully saturated rings. The van der Waals surface area contributed by atoms with E-state index in [1.165, 1.54) is 5.56 Å². The molecule has 4 nitrogen and oxygen atoms in total. The van der Waals surface area contributed by atoms with E-state index in [1.807, 2.05) is 35.0 Å². The predicted octanol–water partition coefficient (Wildman–Crippen LogP) is 4.76. The quantitative estimate of drug-likeness (QED) is 0.536. The Hall–Kier alpha value is -2.73. The second kappa shape index (κ2) is 7.02. The number of H-pyrrole nitrogens is 1. The Labute approximate surface area is 161 Å². The summed E-state index contributed by atoms with van der Waals surface area (Å²) in [5, 5.41) is 4.30. The summed E-state index contributed by atoms with van der Waals surface area (Å²) >= 11 is 0.